The molecule has 1 aromatic carbocycles. The van der Waals surface area contributed by atoms with E-state index in [4.69, 9.17) is 9.73 Å². The van der Waals surface area contributed by atoms with Crippen molar-refractivity contribution in [1.82, 2.24) is 15.2 Å². The van der Waals surface area contributed by atoms with Crippen LogP contribution in [0.4, 0.5) is 5.69 Å². The lowest BCUT2D eigenvalue weighted by Crippen LogP contribution is -2.39. The van der Waals surface area contributed by atoms with Crippen LogP contribution in [0.15, 0.2) is 53.8 Å². The van der Waals surface area contributed by atoms with Gasteiger partial charge in [0.2, 0.25) is 0 Å². The maximum absolute atomic E-state index is 5.34. The van der Waals surface area contributed by atoms with Crippen LogP contribution in [0.2, 0.25) is 0 Å². The van der Waals surface area contributed by atoms with Gasteiger partial charge >= 0.3 is 0 Å². The fourth-order valence-corrected chi connectivity index (χ4v) is 3.41. The Hall–Kier alpha value is -1.90. The zero-order chi connectivity index (χ0) is 18.9. The van der Waals surface area contributed by atoms with Gasteiger partial charge in [-0.3, -0.25) is 4.99 Å². The standard InChI is InChI=1S/C21H31N5O.HI/c1-3-22-21(23-10-14-25-11-4-5-12-25)24-16-18-9-13-26(17-18)19-7-6-8-20(15-19)27-2;/h4-8,11-12,15,18H,3,9-10,13-14,16-17H2,1-2H3,(H2,22,23,24);1H. The molecule has 0 radical (unpaired) electrons. The number of rotatable bonds is 8. The van der Waals surface area contributed by atoms with Crippen LogP contribution in [0, 0.1) is 5.92 Å². The quantitative estimate of drug-likeness (QED) is 0.334. The lowest BCUT2D eigenvalue weighted by molar-refractivity contribution is 0.415. The third-order valence-corrected chi connectivity index (χ3v) is 4.88. The molecule has 1 fully saturated rings. The topological polar surface area (TPSA) is 53.8 Å². The Morgan fingerprint density at radius 3 is 2.79 bits per heavy atom. The number of hydrogen-bond donors (Lipinski definition) is 2. The molecule has 1 atom stereocenters. The van der Waals surface area contributed by atoms with Crippen molar-refractivity contribution in [3.05, 3.63) is 48.8 Å². The smallest absolute Gasteiger partial charge is 0.191 e. The average molecular weight is 497 g/mol. The molecule has 0 amide bonds. The first kappa shape index (κ1) is 22.4. The normalized spacial score (nSPS) is 16.6. The van der Waals surface area contributed by atoms with E-state index in [1.807, 2.05) is 18.2 Å². The van der Waals surface area contributed by atoms with Gasteiger partial charge in [-0.05, 0) is 43.5 Å². The Morgan fingerprint density at radius 1 is 1.21 bits per heavy atom. The van der Waals surface area contributed by atoms with Gasteiger partial charge < -0.3 is 24.8 Å². The molecular weight excluding hydrogens is 465 g/mol. The number of nitrogens with one attached hydrogen (secondary N) is 2. The van der Waals surface area contributed by atoms with Gasteiger partial charge in [0.1, 0.15) is 5.75 Å². The van der Waals surface area contributed by atoms with Gasteiger partial charge in [-0.2, -0.15) is 0 Å². The summed E-state index contributed by atoms with van der Waals surface area (Å²) >= 11 is 0. The molecule has 1 aromatic heterocycles. The molecule has 2 heterocycles. The van der Waals surface area contributed by atoms with Crippen LogP contribution in [-0.4, -0.2) is 50.4 Å². The Morgan fingerprint density at radius 2 is 2.04 bits per heavy atom. The van der Waals surface area contributed by atoms with Gasteiger partial charge in [0.25, 0.3) is 0 Å². The number of aliphatic imine (C=N–C) groups is 1. The molecular formula is C21H32IN5O. The molecule has 2 aromatic rings. The molecule has 2 N–H and O–H groups in total. The van der Waals surface area contributed by atoms with Crippen LogP contribution in [-0.2, 0) is 6.54 Å². The van der Waals surface area contributed by atoms with Crippen molar-refractivity contribution in [2.24, 2.45) is 10.9 Å². The monoisotopic (exact) mass is 497 g/mol. The molecule has 28 heavy (non-hydrogen) atoms. The van der Waals surface area contributed by atoms with Crippen molar-refractivity contribution in [2.45, 2.75) is 19.9 Å². The zero-order valence-corrected chi connectivity index (χ0v) is 19.1. The summed E-state index contributed by atoms with van der Waals surface area (Å²) in [6.45, 7) is 7.73. The lowest BCUT2D eigenvalue weighted by Gasteiger charge is -2.19. The van der Waals surface area contributed by atoms with Gasteiger partial charge in [0.15, 0.2) is 5.96 Å². The van der Waals surface area contributed by atoms with E-state index in [-0.39, 0.29) is 24.0 Å². The van der Waals surface area contributed by atoms with Crippen LogP contribution < -0.4 is 20.3 Å². The van der Waals surface area contributed by atoms with E-state index < -0.39 is 0 Å². The molecule has 0 saturated carbocycles. The first-order valence-electron chi connectivity index (χ1n) is 9.80. The Bertz CT molecular complexity index is 719. The molecule has 1 unspecified atom stereocenters. The zero-order valence-electron chi connectivity index (χ0n) is 16.8. The summed E-state index contributed by atoms with van der Waals surface area (Å²) in [5.74, 6) is 2.40. The predicted molar refractivity (Wildman–Crippen MR) is 127 cm³/mol. The highest BCUT2D eigenvalue weighted by Crippen LogP contribution is 2.26. The van der Waals surface area contributed by atoms with Gasteiger partial charge in [-0.15, -0.1) is 24.0 Å². The van der Waals surface area contributed by atoms with Gasteiger partial charge in [0, 0.05) is 63.4 Å². The van der Waals surface area contributed by atoms with E-state index in [1.54, 1.807) is 7.11 Å². The number of hydrogen-bond acceptors (Lipinski definition) is 3. The van der Waals surface area contributed by atoms with Crippen LogP contribution in [0.5, 0.6) is 5.75 Å². The number of anilines is 1. The Balaban J connectivity index is 0.00000280. The average Bonchev–Trinajstić information content (AvgIpc) is 3.38. The summed E-state index contributed by atoms with van der Waals surface area (Å²) in [5.41, 5.74) is 1.23. The number of halogens is 1. The summed E-state index contributed by atoms with van der Waals surface area (Å²) < 4.78 is 7.51. The van der Waals surface area contributed by atoms with E-state index in [0.29, 0.717) is 5.92 Å². The van der Waals surface area contributed by atoms with Crippen LogP contribution in [0.1, 0.15) is 13.3 Å². The summed E-state index contributed by atoms with van der Waals surface area (Å²) in [7, 11) is 1.71. The summed E-state index contributed by atoms with van der Waals surface area (Å²) in [6.07, 6.45) is 5.33. The van der Waals surface area contributed by atoms with Gasteiger partial charge in [-0.1, -0.05) is 6.07 Å². The fourth-order valence-electron chi connectivity index (χ4n) is 3.41. The number of guanidine groups is 1. The van der Waals surface area contributed by atoms with Crippen LogP contribution >= 0.6 is 24.0 Å². The molecule has 1 aliphatic rings. The fraction of sp³-hybridized carbons (Fsp3) is 0.476. The first-order valence-corrected chi connectivity index (χ1v) is 9.80. The number of ether oxygens (including phenoxy) is 1. The second-order valence-electron chi connectivity index (χ2n) is 6.87. The molecule has 0 bridgehead atoms. The maximum atomic E-state index is 5.34. The van der Waals surface area contributed by atoms with E-state index in [9.17, 15) is 0 Å². The summed E-state index contributed by atoms with van der Waals surface area (Å²) in [4.78, 5) is 7.24. The predicted octanol–water partition coefficient (Wildman–Crippen LogP) is 3.20. The molecule has 154 valence electrons. The van der Waals surface area contributed by atoms with Crippen molar-refractivity contribution in [3.8, 4) is 5.75 Å². The third-order valence-electron chi connectivity index (χ3n) is 4.88. The van der Waals surface area contributed by atoms with Crippen molar-refractivity contribution in [1.29, 1.82) is 0 Å². The summed E-state index contributed by atoms with van der Waals surface area (Å²) in [6, 6.07) is 12.4. The van der Waals surface area contributed by atoms with Gasteiger partial charge in [-0.25, -0.2) is 0 Å². The van der Waals surface area contributed by atoms with Crippen molar-refractivity contribution in [2.75, 3.05) is 44.7 Å². The molecule has 3 rings (SSSR count). The molecule has 1 aliphatic heterocycles. The molecule has 1 saturated heterocycles. The minimum absolute atomic E-state index is 0. The van der Waals surface area contributed by atoms with Gasteiger partial charge in [0.05, 0.1) is 7.11 Å². The Labute approximate surface area is 185 Å². The number of nitrogens with zero attached hydrogens (tertiary/aromatic N) is 3. The number of methoxy groups -OCH3 is 1. The van der Waals surface area contributed by atoms with E-state index >= 15 is 0 Å². The van der Waals surface area contributed by atoms with E-state index in [0.717, 1.165) is 51.0 Å². The molecule has 6 nitrogen and oxygen atoms in total. The minimum atomic E-state index is 0. The largest absolute Gasteiger partial charge is 0.497 e. The van der Waals surface area contributed by atoms with Crippen molar-refractivity contribution in [3.63, 3.8) is 0 Å². The highest BCUT2D eigenvalue weighted by atomic mass is 127. The first-order chi connectivity index (χ1) is 13.3. The van der Waals surface area contributed by atoms with Crippen LogP contribution in [0.25, 0.3) is 0 Å². The highest BCUT2D eigenvalue weighted by molar-refractivity contribution is 14.0. The summed E-state index contributed by atoms with van der Waals surface area (Å²) in [5, 5.41) is 6.77. The highest BCUT2D eigenvalue weighted by Gasteiger charge is 2.22. The second-order valence-corrected chi connectivity index (χ2v) is 6.87. The second kappa shape index (κ2) is 11.8. The number of aromatic nitrogens is 1. The Kier molecular flexibility index (Phi) is 9.46. The number of benzene rings is 1. The SMILES string of the molecule is CCNC(=NCC1CCN(c2cccc(OC)c2)C1)NCCn1cccc1.I. The van der Waals surface area contributed by atoms with Crippen molar-refractivity contribution < 1.29 is 4.74 Å². The maximum Gasteiger partial charge on any atom is 0.191 e. The van der Waals surface area contributed by atoms with E-state index in [2.05, 4.69) is 57.6 Å². The molecule has 7 heteroatoms. The van der Waals surface area contributed by atoms with Crippen molar-refractivity contribution >= 4 is 35.6 Å². The lowest BCUT2D eigenvalue weighted by atomic mass is 10.1. The van der Waals surface area contributed by atoms with Crippen LogP contribution in [0.3, 0.4) is 0 Å². The molecule has 0 spiro atoms. The minimum Gasteiger partial charge on any atom is -0.497 e. The molecule has 0 aliphatic carbocycles. The third kappa shape index (κ3) is 6.61. The van der Waals surface area contributed by atoms with E-state index in [1.165, 1.54) is 12.1 Å².